The minimum absolute atomic E-state index is 0.334. The van der Waals surface area contributed by atoms with E-state index in [4.69, 9.17) is 9.15 Å². The lowest BCUT2D eigenvalue weighted by molar-refractivity contribution is 0.0964. The van der Waals surface area contributed by atoms with Crippen molar-refractivity contribution in [2.24, 2.45) is 0 Å². The van der Waals surface area contributed by atoms with Crippen molar-refractivity contribution in [1.29, 1.82) is 0 Å². The van der Waals surface area contributed by atoms with Gasteiger partial charge in [-0.05, 0) is 73.0 Å². The molecule has 4 aromatic rings. The van der Waals surface area contributed by atoms with Gasteiger partial charge in [0.05, 0.1) is 17.5 Å². The third-order valence-electron chi connectivity index (χ3n) is 6.32. The molecule has 9 heteroatoms. The van der Waals surface area contributed by atoms with Crippen molar-refractivity contribution in [3.8, 4) is 22.8 Å². The number of fused-ring (bicyclic) bond motifs is 2. The number of sulfonamides is 1. The van der Waals surface area contributed by atoms with Crippen LogP contribution in [0, 0.1) is 5.82 Å². The molecule has 0 bridgehead atoms. The molecule has 7 nitrogen and oxygen atoms in total. The van der Waals surface area contributed by atoms with Crippen LogP contribution in [0.2, 0.25) is 0 Å². The Morgan fingerprint density at radius 2 is 1.73 bits per heavy atom. The molecule has 5 rings (SSSR count). The lowest BCUT2D eigenvalue weighted by Gasteiger charge is -2.22. The molecule has 0 unspecified atom stereocenters. The zero-order valence-electron chi connectivity index (χ0n) is 20.4. The largest absolute Gasteiger partial charge is 0.457 e. The van der Waals surface area contributed by atoms with Crippen LogP contribution in [-0.4, -0.2) is 34.2 Å². The summed E-state index contributed by atoms with van der Waals surface area (Å²) in [6.07, 6.45) is 2.45. The number of benzene rings is 3. The maximum atomic E-state index is 13.2. The zero-order valence-corrected chi connectivity index (χ0v) is 21.2. The SMILES string of the molecule is C=C1CCCN(S(C)(=O)=O)c2cc3oc(-c4ccc(Oc5ccc(F)cc5)cc4)c(C(=O)NC)c3cc21. The Kier molecular flexibility index (Phi) is 6.25. The first-order chi connectivity index (χ1) is 17.7. The molecule has 1 aliphatic rings. The van der Waals surface area contributed by atoms with Gasteiger partial charge in [-0.3, -0.25) is 9.10 Å². The van der Waals surface area contributed by atoms with Crippen molar-refractivity contribution in [3.63, 3.8) is 0 Å². The highest BCUT2D eigenvalue weighted by molar-refractivity contribution is 7.92. The summed E-state index contributed by atoms with van der Waals surface area (Å²) in [5, 5.41) is 3.24. The highest BCUT2D eigenvalue weighted by Crippen LogP contribution is 2.42. The molecule has 0 fully saturated rings. The Morgan fingerprint density at radius 3 is 2.35 bits per heavy atom. The zero-order chi connectivity index (χ0) is 26.3. The number of nitrogens with zero attached hydrogens (tertiary/aromatic N) is 1. The van der Waals surface area contributed by atoms with Gasteiger partial charge >= 0.3 is 0 Å². The topological polar surface area (TPSA) is 88.8 Å². The third kappa shape index (κ3) is 4.70. The number of furan rings is 1. The van der Waals surface area contributed by atoms with E-state index in [0.717, 1.165) is 5.57 Å². The van der Waals surface area contributed by atoms with E-state index in [1.165, 1.54) is 34.8 Å². The average Bonchev–Trinajstić information content (AvgIpc) is 3.16. The average molecular weight is 521 g/mol. The van der Waals surface area contributed by atoms with Gasteiger partial charge in [0.15, 0.2) is 0 Å². The smallest absolute Gasteiger partial charge is 0.255 e. The first-order valence-electron chi connectivity index (χ1n) is 11.7. The summed E-state index contributed by atoms with van der Waals surface area (Å²) in [6.45, 7) is 4.50. The van der Waals surface area contributed by atoms with Crippen LogP contribution in [-0.2, 0) is 10.0 Å². The fourth-order valence-electron chi connectivity index (χ4n) is 4.52. The molecule has 0 aliphatic carbocycles. The molecule has 1 N–H and O–H groups in total. The number of anilines is 1. The van der Waals surface area contributed by atoms with Crippen LogP contribution in [0.15, 0.2) is 71.7 Å². The maximum absolute atomic E-state index is 13.2. The van der Waals surface area contributed by atoms with Crippen molar-refractivity contribution in [2.45, 2.75) is 12.8 Å². The highest BCUT2D eigenvalue weighted by Gasteiger charge is 2.28. The van der Waals surface area contributed by atoms with Crippen molar-refractivity contribution < 1.29 is 26.8 Å². The molecule has 1 amide bonds. The van der Waals surface area contributed by atoms with E-state index in [2.05, 4.69) is 11.9 Å². The van der Waals surface area contributed by atoms with Crippen LogP contribution in [0.25, 0.3) is 27.9 Å². The van der Waals surface area contributed by atoms with Crippen molar-refractivity contribution in [3.05, 3.63) is 84.2 Å². The van der Waals surface area contributed by atoms with Gasteiger partial charge in [0.2, 0.25) is 10.0 Å². The molecular weight excluding hydrogens is 495 g/mol. The Hall–Kier alpha value is -4.11. The summed E-state index contributed by atoms with van der Waals surface area (Å²) in [6, 6.07) is 16.1. The number of hydrogen-bond donors (Lipinski definition) is 1. The molecule has 0 atom stereocenters. The second-order valence-corrected chi connectivity index (χ2v) is 10.8. The number of nitrogens with one attached hydrogen (secondary N) is 1. The summed E-state index contributed by atoms with van der Waals surface area (Å²) in [7, 11) is -1.99. The van der Waals surface area contributed by atoms with Crippen LogP contribution in [0.4, 0.5) is 10.1 Å². The quantitative estimate of drug-likeness (QED) is 0.351. The van der Waals surface area contributed by atoms with Gasteiger partial charge in [0.25, 0.3) is 5.91 Å². The molecule has 2 heterocycles. The molecule has 0 spiro atoms. The van der Waals surface area contributed by atoms with Crippen LogP contribution in [0.3, 0.4) is 0 Å². The lowest BCUT2D eigenvalue weighted by atomic mass is 9.98. The van der Waals surface area contributed by atoms with E-state index >= 15 is 0 Å². The Labute approximate surface area is 214 Å². The molecule has 0 saturated heterocycles. The fourth-order valence-corrected chi connectivity index (χ4v) is 5.49. The Balaban J connectivity index is 1.62. The van der Waals surface area contributed by atoms with E-state index in [1.807, 2.05) is 0 Å². The van der Waals surface area contributed by atoms with E-state index in [1.54, 1.807) is 43.4 Å². The maximum Gasteiger partial charge on any atom is 0.255 e. The second-order valence-electron chi connectivity index (χ2n) is 8.87. The Bertz CT molecular complexity index is 1620. The number of halogens is 1. The lowest BCUT2D eigenvalue weighted by Crippen LogP contribution is -2.30. The number of allylic oxidation sites excluding steroid dienone is 1. The van der Waals surface area contributed by atoms with Gasteiger partial charge in [-0.25, -0.2) is 12.8 Å². The van der Waals surface area contributed by atoms with Crippen LogP contribution in [0.5, 0.6) is 11.5 Å². The third-order valence-corrected chi connectivity index (χ3v) is 7.50. The highest BCUT2D eigenvalue weighted by atomic mass is 32.2. The molecule has 0 radical (unpaired) electrons. The molecule has 1 aromatic heterocycles. The normalized spacial score (nSPS) is 13.8. The second kappa shape index (κ2) is 9.40. The number of ether oxygens (including phenoxy) is 1. The van der Waals surface area contributed by atoms with Crippen LogP contribution in [0.1, 0.15) is 28.8 Å². The summed E-state index contributed by atoms with van der Waals surface area (Å²) in [4.78, 5) is 13.0. The van der Waals surface area contributed by atoms with Gasteiger partial charge in [0.1, 0.15) is 28.7 Å². The minimum Gasteiger partial charge on any atom is -0.457 e. The molecule has 37 heavy (non-hydrogen) atoms. The van der Waals surface area contributed by atoms with Gasteiger partial charge in [-0.1, -0.05) is 6.58 Å². The monoisotopic (exact) mass is 520 g/mol. The van der Waals surface area contributed by atoms with Crippen molar-refractivity contribution in [1.82, 2.24) is 5.32 Å². The van der Waals surface area contributed by atoms with Crippen LogP contribution < -0.4 is 14.4 Å². The number of rotatable bonds is 5. The van der Waals surface area contributed by atoms with Crippen molar-refractivity contribution in [2.75, 3.05) is 24.2 Å². The first-order valence-corrected chi connectivity index (χ1v) is 13.5. The van der Waals surface area contributed by atoms with E-state index in [0.29, 0.717) is 70.0 Å². The van der Waals surface area contributed by atoms with Crippen LogP contribution >= 0.6 is 0 Å². The Morgan fingerprint density at radius 1 is 1.08 bits per heavy atom. The molecule has 0 saturated carbocycles. The summed E-state index contributed by atoms with van der Waals surface area (Å²) in [5.41, 5.74) is 3.34. The van der Waals surface area contributed by atoms with E-state index in [-0.39, 0.29) is 11.7 Å². The number of carbonyl (C=O) groups excluding carboxylic acids is 1. The van der Waals surface area contributed by atoms with Crippen molar-refractivity contribution >= 4 is 38.2 Å². The first kappa shape index (κ1) is 24.6. The fraction of sp³-hybridized carbons (Fsp3) is 0.179. The van der Waals surface area contributed by atoms with Gasteiger partial charge in [-0.15, -0.1) is 0 Å². The summed E-state index contributed by atoms with van der Waals surface area (Å²) in [5.74, 6) is 0.676. The molecule has 3 aromatic carbocycles. The summed E-state index contributed by atoms with van der Waals surface area (Å²) >= 11 is 0. The van der Waals surface area contributed by atoms with E-state index < -0.39 is 10.0 Å². The molecular formula is C28H25FN2O5S. The van der Waals surface area contributed by atoms with E-state index in [9.17, 15) is 17.6 Å². The van der Waals surface area contributed by atoms with Gasteiger partial charge < -0.3 is 14.5 Å². The standard InChI is InChI=1S/C28H25FN2O5S/c1-17-5-4-14-31(37(3,33)34)24-16-25-23(15-22(17)24)26(28(32)30-2)27(36-25)18-6-10-20(11-7-18)35-21-12-8-19(29)9-13-21/h6-13,15-16H,1,4-5,14H2,2-3H3,(H,30,32). The number of amides is 1. The predicted octanol–water partition coefficient (Wildman–Crippen LogP) is 5.96. The molecule has 190 valence electrons. The number of carbonyl (C=O) groups is 1. The van der Waals surface area contributed by atoms with Gasteiger partial charge in [0, 0.05) is 36.2 Å². The predicted molar refractivity (Wildman–Crippen MR) is 142 cm³/mol. The summed E-state index contributed by atoms with van der Waals surface area (Å²) < 4.78 is 51.6. The van der Waals surface area contributed by atoms with Gasteiger partial charge in [-0.2, -0.15) is 0 Å². The molecule has 1 aliphatic heterocycles. The minimum atomic E-state index is -3.53. The number of hydrogen-bond acceptors (Lipinski definition) is 5.